The molecule has 1 fully saturated rings. The number of hydrogen-bond acceptors (Lipinski definition) is 4. The van der Waals surface area contributed by atoms with Gasteiger partial charge in [0.1, 0.15) is 5.03 Å². The summed E-state index contributed by atoms with van der Waals surface area (Å²) in [5.41, 5.74) is 5.81. The van der Waals surface area contributed by atoms with Gasteiger partial charge >= 0.3 is 0 Å². The van der Waals surface area contributed by atoms with Crippen molar-refractivity contribution in [2.75, 3.05) is 5.73 Å². The van der Waals surface area contributed by atoms with Gasteiger partial charge in [-0.15, -0.1) is 0 Å². The zero-order chi connectivity index (χ0) is 11.5. The predicted octanol–water partition coefficient (Wildman–Crippen LogP) is 2.98. The van der Waals surface area contributed by atoms with Crippen LogP contribution in [0.4, 0.5) is 5.82 Å². The Balaban J connectivity index is 2.02. The first-order valence-corrected chi connectivity index (χ1v) is 6.76. The largest absolute Gasteiger partial charge is 0.381 e. The Hall–Kier alpha value is -0.770. The van der Waals surface area contributed by atoms with Crippen LogP contribution in [0, 0.1) is 11.8 Å². The average Bonchev–Trinajstić information content (AvgIpc) is 2.20. The minimum absolute atomic E-state index is 0.568. The Kier molecular flexibility index (Phi) is 3.69. The third-order valence-electron chi connectivity index (χ3n) is 3.10. The van der Waals surface area contributed by atoms with Crippen molar-refractivity contribution in [3.8, 4) is 0 Å². The van der Waals surface area contributed by atoms with E-state index in [4.69, 9.17) is 5.73 Å². The molecule has 0 aliphatic heterocycles. The lowest BCUT2D eigenvalue weighted by Crippen LogP contribution is -2.21. The fraction of sp³-hybridized carbons (Fsp3) is 0.667. The van der Waals surface area contributed by atoms with Crippen LogP contribution in [-0.4, -0.2) is 15.2 Å². The van der Waals surface area contributed by atoms with E-state index < -0.39 is 0 Å². The molecule has 1 saturated carbocycles. The van der Waals surface area contributed by atoms with Gasteiger partial charge in [-0.25, -0.2) is 9.97 Å². The fourth-order valence-corrected chi connectivity index (χ4v) is 4.01. The summed E-state index contributed by atoms with van der Waals surface area (Å²) < 4.78 is 0. The maximum atomic E-state index is 5.81. The van der Waals surface area contributed by atoms with Crippen molar-refractivity contribution in [3.05, 3.63) is 12.4 Å². The Bertz CT molecular complexity index is 346. The second-order valence-corrected chi connectivity index (χ2v) is 6.19. The van der Waals surface area contributed by atoms with Gasteiger partial charge in [0.05, 0.1) is 0 Å². The molecule has 16 heavy (non-hydrogen) atoms. The van der Waals surface area contributed by atoms with E-state index in [9.17, 15) is 0 Å². The quantitative estimate of drug-likeness (QED) is 0.859. The number of nitrogen functional groups attached to an aromatic ring is 1. The number of nitrogens with two attached hydrogens (primary N) is 1. The van der Waals surface area contributed by atoms with Crippen LogP contribution in [0.1, 0.15) is 33.1 Å². The van der Waals surface area contributed by atoms with Crippen LogP contribution in [0.5, 0.6) is 0 Å². The number of hydrogen-bond donors (Lipinski definition) is 1. The maximum Gasteiger partial charge on any atom is 0.156 e. The summed E-state index contributed by atoms with van der Waals surface area (Å²) in [5, 5.41) is 1.55. The Labute approximate surface area is 101 Å². The number of rotatable bonds is 2. The lowest BCUT2D eigenvalue weighted by Gasteiger charge is -2.30. The van der Waals surface area contributed by atoms with Crippen molar-refractivity contribution in [1.29, 1.82) is 0 Å². The SMILES string of the molecule is CC1CC(C)CC(Sc2nccnc2N)C1. The van der Waals surface area contributed by atoms with E-state index in [2.05, 4.69) is 23.8 Å². The summed E-state index contributed by atoms with van der Waals surface area (Å²) in [6, 6.07) is 0. The third kappa shape index (κ3) is 2.88. The van der Waals surface area contributed by atoms with E-state index >= 15 is 0 Å². The van der Waals surface area contributed by atoms with Gasteiger partial charge in [0.2, 0.25) is 0 Å². The monoisotopic (exact) mass is 237 g/mol. The summed E-state index contributed by atoms with van der Waals surface area (Å²) >= 11 is 1.80. The number of aromatic nitrogens is 2. The van der Waals surface area contributed by atoms with Crippen molar-refractivity contribution in [2.24, 2.45) is 11.8 Å². The van der Waals surface area contributed by atoms with E-state index in [1.54, 1.807) is 24.2 Å². The summed E-state index contributed by atoms with van der Waals surface area (Å²) in [7, 11) is 0. The molecule has 0 radical (unpaired) electrons. The summed E-state index contributed by atoms with van der Waals surface area (Å²) in [5.74, 6) is 2.21. The third-order valence-corrected chi connectivity index (χ3v) is 4.36. The molecule has 1 heterocycles. The van der Waals surface area contributed by atoms with Crippen LogP contribution in [-0.2, 0) is 0 Å². The van der Waals surface area contributed by atoms with Gasteiger partial charge in [-0.1, -0.05) is 25.6 Å². The first kappa shape index (κ1) is 11.7. The van der Waals surface area contributed by atoms with Crippen LogP contribution >= 0.6 is 11.8 Å². The smallest absolute Gasteiger partial charge is 0.156 e. The molecule has 3 nitrogen and oxygen atoms in total. The summed E-state index contributed by atoms with van der Waals surface area (Å²) in [6.45, 7) is 4.67. The molecule has 2 rings (SSSR count). The Morgan fingerprint density at radius 1 is 1.12 bits per heavy atom. The fourth-order valence-electron chi connectivity index (χ4n) is 2.55. The highest BCUT2D eigenvalue weighted by molar-refractivity contribution is 8.00. The number of thioether (sulfide) groups is 1. The minimum atomic E-state index is 0.568. The molecule has 0 bridgehead atoms. The van der Waals surface area contributed by atoms with Crippen molar-refractivity contribution in [1.82, 2.24) is 9.97 Å². The lowest BCUT2D eigenvalue weighted by atomic mass is 9.83. The Morgan fingerprint density at radius 3 is 2.38 bits per heavy atom. The van der Waals surface area contributed by atoms with Gasteiger partial charge in [-0.2, -0.15) is 0 Å². The highest BCUT2D eigenvalue weighted by atomic mass is 32.2. The normalized spacial score (nSPS) is 30.2. The summed E-state index contributed by atoms with van der Waals surface area (Å²) in [6.07, 6.45) is 7.25. The molecule has 1 aromatic rings. The average molecular weight is 237 g/mol. The van der Waals surface area contributed by atoms with Crippen molar-refractivity contribution < 1.29 is 0 Å². The van der Waals surface area contributed by atoms with Crippen LogP contribution in [0.25, 0.3) is 0 Å². The summed E-state index contributed by atoms with van der Waals surface area (Å²) in [4.78, 5) is 8.38. The number of nitrogens with zero attached hydrogens (tertiary/aromatic N) is 2. The van der Waals surface area contributed by atoms with Gasteiger partial charge in [-0.05, 0) is 31.1 Å². The lowest BCUT2D eigenvalue weighted by molar-refractivity contribution is 0.309. The molecule has 0 spiro atoms. The second kappa shape index (κ2) is 5.04. The van der Waals surface area contributed by atoms with E-state index in [1.807, 2.05) is 0 Å². The topological polar surface area (TPSA) is 51.8 Å². The van der Waals surface area contributed by atoms with Crippen LogP contribution in [0.2, 0.25) is 0 Å². The molecule has 1 aliphatic carbocycles. The molecule has 0 saturated heterocycles. The van der Waals surface area contributed by atoms with Crippen LogP contribution in [0.3, 0.4) is 0 Å². The molecule has 1 aliphatic rings. The van der Waals surface area contributed by atoms with Crippen molar-refractivity contribution in [3.63, 3.8) is 0 Å². The molecular weight excluding hydrogens is 218 g/mol. The molecule has 2 unspecified atom stereocenters. The molecule has 88 valence electrons. The van der Waals surface area contributed by atoms with Crippen LogP contribution in [0.15, 0.2) is 17.4 Å². The molecule has 2 N–H and O–H groups in total. The first-order valence-electron chi connectivity index (χ1n) is 5.88. The molecule has 0 amide bonds. The standard InChI is InChI=1S/C12H19N3S/c1-8-5-9(2)7-10(6-8)16-12-11(13)14-3-4-15-12/h3-4,8-10H,5-7H2,1-2H3,(H2,13,14). The van der Waals surface area contributed by atoms with Gasteiger partial charge in [0.25, 0.3) is 0 Å². The maximum absolute atomic E-state index is 5.81. The van der Waals surface area contributed by atoms with Gasteiger partial charge in [0, 0.05) is 17.6 Å². The van der Waals surface area contributed by atoms with Crippen molar-refractivity contribution >= 4 is 17.6 Å². The zero-order valence-electron chi connectivity index (χ0n) is 9.89. The number of anilines is 1. The molecule has 0 aromatic carbocycles. The molecular formula is C12H19N3S. The van der Waals surface area contributed by atoms with Gasteiger partial charge in [-0.3, -0.25) is 0 Å². The zero-order valence-corrected chi connectivity index (χ0v) is 10.7. The predicted molar refractivity (Wildman–Crippen MR) is 68.3 cm³/mol. The Morgan fingerprint density at radius 2 is 1.75 bits per heavy atom. The highest BCUT2D eigenvalue weighted by Crippen LogP contribution is 2.38. The van der Waals surface area contributed by atoms with Crippen LogP contribution < -0.4 is 5.73 Å². The van der Waals surface area contributed by atoms with E-state index in [0.717, 1.165) is 16.9 Å². The molecule has 4 heteroatoms. The van der Waals surface area contributed by atoms with Gasteiger partial charge in [0.15, 0.2) is 5.82 Å². The second-order valence-electron chi connectivity index (χ2n) is 4.90. The van der Waals surface area contributed by atoms with E-state index in [1.165, 1.54) is 19.3 Å². The minimum Gasteiger partial charge on any atom is -0.381 e. The molecule has 1 aromatic heterocycles. The van der Waals surface area contributed by atoms with Gasteiger partial charge < -0.3 is 5.73 Å². The molecule has 2 atom stereocenters. The van der Waals surface area contributed by atoms with E-state index in [0.29, 0.717) is 11.1 Å². The highest BCUT2D eigenvalue weighted by Gasteiger charge is 2.25. The van der Waals surface area contributed by atoms with Crippen molar-refractivity contribution in [2.45, 2.75) is 43.4 Å². The van der Waals surface area contributed by atoms with E-state index in [-0.39, 0.29) is 0 Å². The first-order chi connectivity index (χ1) is 7.65.